The highest BCUT2D eigenvalue weighted by Gasteiger charge is 2.15. The summed E-state index contributed by atoms with van der Waals surface area (Å²) in [5.74, 6) is -1.24. The van der Waals surface area contributed by atoms with Crippen molar-refractivity contribution in [3.8, 4) is 0 Å². The highest BCUT2D eigenvalue weighted by molar-refractivity contribution is 7.90. The van der Waals surface area contributed by atoms with Crippen LogP contribution in [0.1, 0.15) is 10.4 Å². The van der Waals surface area contributed by atoms with Crippen LogP contribution in [0.15, 0.2) is 75.1 Å². The van der Waals surface area contributed by atoms with Crippen molar-refractivity contribution in [3.63, 3.8) is 0 Å². The van der Waals surface area contributed by atoms with E-state index in [0.29, 0.717) is 0 Å². The van der Waals surface area contributed by atoms with Crippen LogP contribution in [0.25, 0.3) is 0 Å². The van der Waals surface area contributed by atoms with Crippen molar-refractivity contribution in [1.29, 1.82) is 0 Å². The number of hydroxylamine groups is 2. The fraction of sp³-hybridized carbons (Fsp3) is 0. The zero-order chi connectivity index (χ0) is 16.2. The fourth-order valence-corrected chi connectivity index (χ4v) is 2.32. The molecule has 0 amide bonds. The van der Waals surface area contributed by atoms with Crippen LogP contribution < -0.4 is 0 Å². The van der Waals surface area contributed by atoms with Gasteiger partial charge in [-0.25, -0.2) is 9.86 Å². The molecule has 0 saturated heterocycles. The minimum atomic E-state index is -4.13. The molecule has 2 rings (SSSR count). The van der Waals surface area contributed by atoms with E-state index < -0.39 is 16.0 Å². The van der Waals surface area contributed by atoms with E-state index in [1.165, 1.54) is 30.5 Å². The number of sulfonamides is 1. The standard InChI is InChI=1S/C13H11N3O5S/c17-13(18)10-4-3-6-12(8-10)22(20,21)15-14-9-11-5-1-2-7-16(11)19/h1-9,19H,(H,17,18). The van der Waals surface area contributed by atoms with Gasteiger partial charge in [-0.05, 0) is 30.4 Å². The molecule has 0 aromatic heterocycles. The molecule has 0 fully saturated rings. The summed E-state index contributed by atoms with van der Waals surface area (Å²) in [6.45, 7) is 0. The second kappa shape index (κ2) is 6.33. The molecule has 8 nitrogen and oxygen atoms in total. The first kappa shape index (κ1) is 15.6. The van der Waals surface area contributed by atoms with Gasteiger partial charge >= 0.3 is 5.97 Å². The number of nitrogens with zero attached hydrogens (tertiary/aromatic N) is 3. The Kier molecular flexibility index (Phi) is 4.49. The van der Waals surface area contributed by atoms with E-state index in [1.54, 1.807) is 12.2 Å². The van der Waals surface area contributed by atoms with Crippen LogP contribution in [0, 0.1) is 0 Å². The van der Waals surface area contributed by atoms with E-state index in [4.69, 9.17) is 5.11 Å². The predicted molar refractivity (Wildman–Crippen MR) is 75.4 cm³/mol. The number of carboxylic acid groups (broad SMARTS) is 1. The van der Waals surface area contributed by atoms with Gasteiger partial charge in [-0.3, -0.25) is 5.21 Å². The summed E-state index contributed by atoms with van der Waals surface area (Å²) in [5.41, 5.74) is 0.0530. The number of aromatic carboxylic acids is 1. The van der Waals surface area contributed by atoms with Crippen LogP contribution in [0.3, 0.4) is 0 Å². The largest absolute Gasteiger partial charge is 0.478 e. The van der Waals surface area contributed by atoms with Crippen molar-refractivity contribution in [2.24, 2.45) is 9.63 Å². The molecule has 1 aromatic carbocycles. The molecule has 0 atom stereocenters. The first-order chi connectivity index (χ1) is 10.4. The number of allylic oxidation sites excluding steroid dienone is 3. The Morgan fingerprint density at radius 2 is 2.05 bits per heavy atom. The molecule has 0 bridgehead atoms. The lowest BCUT2D eigenvalue weighted by molar-refractivity contribution is -0.000515. The Morgan fingerprint density at radius 3 is 2.73 bits per heavy atom. The molecule has 1 aliphatic rings. The van der Waals surface area contributed by atoms with Gasteiger partial charge in [-0.2, -0.15) is 8.42 Å². The monoisotopic (exact) mass is 321 g/mol. The van der Waals surface area contributed by atoms with E-state index in [1.807, 2.05) is 0 Å². The van der Waals surface area contributed by atoms with E-state index in [9.17, 15) is 18.4 Å². The normalized spacial score (nSPS) is 16.6. The Hall–Kier alpha value is -2.78. The van der Waals surface area contributed by atoms with E-state index in [-0.39, 0.29) is 16.2 Å². The van der Waals surface area contributed by atoms with Gasteiger partial charge in [0.2, 0.25) is 0 Å². The fourth-order valence-electron chi connectivity index (χ4n) is 1.53. The molecule has 0 saturated carbocycles. The van der Waals surface area contributed by atoms with Crippen LogP contribution in [0.2, 0.25) is 0 Å². The highest BCUT2D eigenvalue weighted by atomic mass is 32.2. The molecule has 0 aliphatic carbocycles. The van der Waals surface area contributed by atoms with Gasteiger partial charge < -0.3 is 5.11 Å². The van der Waals surface area contributed by atoms with E-state index in [2.05, 4.69) is 9.63 Å². The molecule has 1 aliphatic heterocycles. The molecule has 1 aromatic rings. The number of hydrogen-bond donors (Lipinski definition) is 2. The van der Waals surface area contributed by atoms with Gasteiger partial charge in [0.05, 0.1) is 22.4 Å². The van der Waals surface area contributed by atoms with Crippen molar-refractivity contribution in [2.75, 3.05) is 0 Å². The van der Waals surface area contributed by atoms with Crippen molar-refractivity contribution in [2.45, 2.75) is 4.90 Å². The maximum atomic E-state index is 11.9. The van der Waals surface area contributed by atoms with Gasteiger partial charge in [0.15, 0.2) is 0 Å². The Balaban J connectivity index is 2.24. The molecule has 22 heavy (non-hydrogen) atoms. The quantitative estimate of drug-likeness (QED) is 0.820. The third-order valence-corrected chi connectivity index (χ3v) is 3.75. The number of hydrogen-bond acceptors (Lipinski definition) is 6. The zero-order valence-electron chi connectivity index (χ0n) is 11.1. The SMILES string of the molecule is O=C(O)c1cccc(S(=O)(=O)N=NC=C2C=CC=CN2O)c1. The molecular weight excluding hydrogens is 310 g/mol. The van der Waals surface area contributed by atoms with E-state index >= 15 is 0 Å². The first-order valence-corrected chi connectivity index (χ1v) is 7.38. The molecule has 1 heterocycles. The maximum absolute atomic E-state index is 11.9. The summed E-state index contributed by atoms with van der Waals surface area (Å²) in [4.78, 5) is 10.5. The van der Waals surface area contributed by atoms with Crippen LogP contribution in [0.4, 0.5) is 0 Å². The maximum Gasteiger partial charge on any atom is 0.335 e. The Morgan fingerprint density at radius 1 is 1.27 bits per heavy atom. The minimum absolute atomic E-state index is 0.170. The van der Waals surface area contributed by atoms with Crippen molar-refractivity contribution in [1.82, 2.24) is 5.06 Å². The lowest BCUT2D eigenvalue weighted by atomic mass is 10.2. The predicted octanol–water partition coefficient (Wildman–Crippen LogP) is 2.14. The number of rotatable bonds is 4. The van der Waals surface area contributed by atoms with Gasteiger partial charge in [-0.1, -0.05) is 16.7 Å². The van der Waals surface area contributed by atoms with Crippen LogP contribution in [0.5, 0.6) is 0 Å². The van der Waals surface area contributed by atoms with Crippen LogP contribution >= 0.6 is 0 Å². The second-order valence-electron chi connectivity index (χ2n) is 4.10. The third-order valence-electron chi connectivity index (χ3n) is 2.59. The zero-order valence-corrected chi connectivity index (χ0v) is 11.9. The lowest BCUT2D eigenvalue weighted by Gasteiger charge is -2.13. The van der Waals surface area contributed by atoms with Crippen molar-refractivity contribution in [3.05, 3.63) is 66.2 Å². The molecule has 9 heteroatoms. The Labute approximate surface area is 126 Å². The van der Waals surface area contributed by atoms with Gasteiger partial charge in [0.1, 0.15) is 0 Å². The van der Waals surface area contributed by atoms with Gasteiger partial charge in [0, 0.05) is 6.20 Å². The highest BCUT2D eigenvalue weighted by Crippen LogP contribution is 2.16. The topological polar surface area (TPSA) is 120 Å². The second-order valence-corrected chi connectivity index (χ2v) is 5.69. The van der Waals surface area contributed by atoms with Crippen LogP contribution in [-0.2, 0) is 10.0 Å². The average molecular weight is 321 g/mol. The number of carbonyl (C=O) groups is 1. The minimum Gasteiger partial charge on any atom is -0.478 e. The van der Waals surface area contributed by atoms with Crippen LogP contribution in [-0.4, -0.2) is 29.8 Å². The van der Waals surface area contributed by atoms with Gasteiger partial charge in [0.25, 0.3) is 10.0 Å². The molecule has 114 valence electrons. The molecule has 0 radical (unpaired) electrons. The lowest BCUT2D eigenvalue weighted by Crippen LogP contribution is -2.10. The summed E-state index contributed by atoms with van der Waals surface area (Å²) < 4.78 is 27.1. The molecule has 0 spiro atoms. The summed E-state index contributed by atoms with van der Waals surface area (Å²) in [7, 11) is -4.13. The molecular formula is C13H11N3O5S. The van der Waals surface area contributed by atoms with E-state index in [0.717, 1.165) is 17.3 Å². The summed E-state index contributed by atoms with van der Waals surface area (Å²) >= 11 is 0. The molecule has 0 unspecified atom stereocenters. The number of carboxylic acids is 1. The average Bonchev–Trinajstić information content (AvgIpc) is 2.49. The molecule has 2 N–H and O–H groups in total. The number of benzene rings is 1. The van der Waals surface area contributed by atoms with Crippen molar-refractivity contribution < 1.29 is 23.5 Å². The Bertz CT molecular complexity index is 809. The summed E-state index contributed by atoms with van der Waals surface area (Å²) in [6.07, 6.45) is 7.09. The summed E-state index contributed by atoms with van der Waals surface area (Å²) in [5, 5.41) is 22.4. The van der Waals surface area contributed by atoms with Crippen molar-refractivity contribution >= 4 is 16.0 Å². The summed E-state index contributed by atoms with van der Waals surface area (Å²) in [6, 6.07) is 4.78. The van der Waals surface area contributed by atoms with Gasteiger partial charge in [-0.15, -0.1) is 5.11 Å². The third kappa shape index (κ3) is 3.65. The smallest absolute Gasteiger partial charge is 0.335 e. The first-order valence-electron chi connectivity index (χ1n) is 5.94.